The van der Waals surface area contributed by atoms with Crippen LogP contribution in [-0.4, -0.2) is 31.1 Å². The van der Waals surface area contributed by atoms with Crippen LogP contribution in [0.15, 0.2) is 0 Å². The van der Waals surface area contributed by atoms with E-state index < -0.39 is 5.91 Å². The first-order chi connectivity index (χ1) is 5.81. The van der Waals surface area contributed by atoms with Crippen LogP contribution in [-0.2, 0) is 9.53 Å². The maximum absolute atomic E-state index is 11.4. The van der Waals surface area contributed by atoms with Gasteiger partial charge in [-0.05, 0) is 12.2 Å². The average Bonchev–Trinajstić information content (AvgIpc) is 2.10. The molecule has 0 aliphatic heterocycles. The topological polar surface area (TPSA) is 38.3 Å². The Morgan fingerprint density at radius 2 is 2.33 bits per heavy atom. The molecule has 1 amide bonds. The smallest absolute Gasteiger partial charge is 0.248 e. The number of halogens is 1. The third-order valence-electron chi connectivity index (χ3n) is 1.22. The van der Waals surface area contributed by atoms with Crippen molar-refractivity contribution in [2.45, 2.75) is 12.8 Å². The molecule has 0 aromatic rings. The Morgan fingerprint density at radius 1 is 1.58 bits per heavy atom. The zero-order chi connectivity index (χ0) is 9.23. The van der Waals surface area contributed by atoms with Gasteiger partial charge >= 0.3 is 0 Å². The van der Waals surface area contributed by atoms with Crippen molar-refractivity contribution in [3.63, 3.8) is 0 Å². The van der Waals surface area contributed by atoms with Crippen LogP contribution in [0, 0.1) is 0 Å². The molecule has 5 heteroatoms. The molecule has 1 N–H and O–H groups in total. The number of rotatable bonds is 7. The van der Waals surface area contributed by atoms with Gasteiger partial charge in [-0.25, -0.2) is 0 Å². The van der Waals surface area contributed by atoms with Crippen molar-refractivity contribution in [3.05, 3.63) is 0 Å². The van der Waals surface area contributed by atoms with Crippen molar-refractivity contribution in [1.29, 1.82) is 0 Å². The monoisotopic (exact) mass is 195 g/mol. The minimum atomic E-state index is -0.547. The highest BCUT2D eigenvalue weighted by atomic mass is 32.2. The average molecular weight is 195 g/mol. The Bertz CT molecular complexity index is 124. The SMILES string of the molecule is COCCCSCCC(=O)NF. The lowest BCUT2D eigenvalue weighted by atomic mass is 10.5. The molecule has 72 valence electrons. The number of carbonyl (C=O) groups is 1. The van der Waals surface area contributed by atoms with E-state index in [9.17, 15) is 9.28 Å². The van der Waals surface area contributed by atoms with Crippen molar-refractivity contribution in [2.75, 3.05) is 25.2 Å². The maximum atomic E-state index is 11.4. The van der Waals surface area contributed by atoms with E-state index in [-0.39, 0.29) is 6.42 Å². The molecule has 12 heavy (non-hydrogen) atoms. The highest BCUT2D eigenvalue weighted by Crippen LogP contribution is 2.04. The molecule has 0 saturated heterocycles. The van der Waals surface area contributed by atoms with E-state index in [0.717, 1.165) is 24.3 Å². The number of thioether (sulfide) groups is 1. The quantitative estimate of drug-likeness (QED) is 0.489. The van der Waals surface area contributed by atoms with Gasteiger partial charge in [0.15, 0.2) is 0 Å². The lowest BCUT2D eigenvalue weighted by molar-refractivity contribution is -0.124. The summed E-state index contributed by atoms with van der Waals surface area (Å²) in [4.78, 5) is 10.4. The molecule has 0 unspecified atom stereocenters. The van der Waals surface area contributed by atoms with E-state index in [2.05, 4.69) is 0 Å². The van der Waals surface area contributed by atoms with Gasteiger partial charge in [0.05, 0.1) is 0 Å². The largest absolute Gasteiger partial charge is 0.385 e. The third kappa shape index (κ3) is 7.81. The summed E-state index contributed by atoms with van der Waals surface area (Å²) in [5, 5.41) is 0. The van der Waals surface area contributed by atoms with Gasteiger partial charge in [-0.1, -0.05) is 0 Å². The number of methoxy groups -OCH3 is 1. The maximum Gasteiger partial charge on any atom is 0.248 e. The van der Waals surface area contributed by atoms with Gasteiger partial charge in [-0.15, -0.1) is 4.48 Å². The summed E-state index contributed by atoms with van der Waals surface area (Å²) in [7, 11) is 1.65. The lowest BCUT2D eigenvalue weighted by Gasteiger charge is -1.99. The van der Waals surface area contributed by atoms with Crippen LogP contribution < -0.4 is 5.54 Å². The number of ether oxygens (including phenoxy) is 1. The van der Waals surface area contributed by atoms with Crippen LogP contribution in [0.4, 0.5) is 4.48 Å². The molecule has 0 saturated carbocycles. The Kier molecular flexibility index (Phi) is 8.59. The van der Waals surface area contributed by atoms with Crippen molar-refractivity contribution >= 4 is 17.7 Å². The summed E-state index contributed by atoms with van der Waals surface area (Å²) in [6, 6.07) is 0. The van der Waals surface area contributed by atoms with Gasteiger partial charge in [0, 0.05) is 25.9 Å². The first-order valence-electron chi connectivity index (χ1n) is 3.77. The Balaban J connectivity index is 2.95. The van der Waals surface area contributed by atoms with Gasteiger partial charge < -0.3 is 4.74 Å². The summed E-state index contributed by atoms with van der Waals surface area (Å²) in [6.45, 7) is 0.738. The molecule has 0 aliphatic carbocycles. The Morgan fingerprint density at radius 3 is 2.92 bits per heavy atom. The molecule has 0 aromatic heterocycles. The van der Waals surface area contributed by atoms with Gasteiger partial charge in [-0.3, -0.25) is 4.79 Å². The normalized spacial score (nSPS) is 9.83. The molecule has 0 heterocycles. The van der Waals surface area contributed by atoms with Crippen LogP contribution in [0.1, 0.15) is 12.8 Å². The predicted octanol–water partition coefficient (Wildman–Crippen LogP) is 1.15. The fourth-order valence-corrected chi connectivity index (χ4v) is 1.48. The summed E-state index contributed by atoms with van der Waals surface area (Å²) in [5.74, 6) is 1.07. The third-order valence-corrected chi connectivity index (χ3v) is 2.29. The molecule has 0 aliphatic rings. The van der Waals surface area contributed by atoms with E-state index in [1.165, 1.54) is 0 Å². The summed E-state index contributed by atoms with van der Waals surface area (Å²) >= 11 is 1.63. The molecule has 0 aromatic carbocycles. The number of nitrogens with one attached hydrogen (secondary N) is 1. The summed E-state index contributed by atoms with van der Waals surface area (Å²) < 4.78 is 16.2. The molecule has 0 rings (SSSR count). The fraction of sp³-hybridized carbons (Fsp3) is 0.857. The molecule has 0 bridgehead atoms. The van der Waals surface area contributed by atoms with E-state index >= 15 is 0 Å². The first-order valence-corrected chi connectivity index (χ1v) is 4.93. The number of carbonyl (C=O) groups excluding carboxylic acids is 1. The minimum absolute atomic E-state index is 0.244. The zero-order valence-electron chi connectivity index (χ0n) is 7.14. The molecular formula is C7H14FNO2S. The molecule has 3 nitrogen and oxygen atoms in total. The van der Waals surface area contributed by atoms with Gasteiger partial charge in [-0.2, -0.15) is 17.3 Å². The molecule has 0 atom stereocenters. The fourth-order valence-electron chi connectivity index (χ4n) is 0.619. The van der Waals surface area contributed by atoms with Gasteiger partial charge in [0.1, 0.15) is 0 Å². The minimum Gasteiger partial charge on any atom is -0.385 e. The molecular weight excluding hydrogens is 181 g/mol. The lowest BCUT2D eigenvalue weighted by Crippen LogP contribution is -2.13. The number of hydrogen-bond donors (Lipinski definition) is 1. The van der Waals surface area contributed by atoms with Crippen molar-refractivity contribution in [1.82, 2.24) is 5.54 Å². The second-order valence-electron chi connectivity index (χ2n) is 2.23. The second-order valence-corrected chi connectivity index (χ2v) is 3.45. The second kappa shape index (κ2) is 8.80. The van der Waals surface area contributed by atoms with Crippen molar-refractivity contribution in [2.24, 2.45) is 0 Å². The van der Waals surface area contributed by atoms with Crippen LogP contribution >= 0.6 is 11.8 Å². The highest BCUT2D eigenvalue weighted by Gasteiger charge is 1.98. The summed E-state index contributed by atoms with van der Waals surface area (Å²) in [5.41, 5.74) is 1.09. The van der Waals surface area contributed by atoms with Gasteiger partial charge in [0.2, 0.25) is 5.91 Å². The van der Waals surface area contributed by atoms with E-state index in [4.69, 9.17) is 4.74 Å². The number of hydrogen-bond acceptors (Lipinski definition) is 3. The van der Waals surface area contributed by atoms with Crippen molar-refractivity contribution < 1.29 is 14.0 Å². The van der Waals surface area contributed by atoms with E-state index in [1.807, 2.05) is 0 Å². The predicted molar refractivity (Wildman–Crippen MR) is 47.7 cm³/mol. The van der Waals surface area contributed by atoms with Gasteiger partial charge in [0.25, 0.3) is 0 Å². The van der Waals surface area contributed by atoms with Crippen LogP contribution in [0.3, 0.4) is 0 Å². The van der Waals surface area contributed by atoms with Crippen LogP contribution in [0.25, 0.3) is 0 Å². The van der Waals surface area contributed by atoms with Crippen LogP contribution in [0.2, 0.25) is 0 Å². The molecule has 0 spiro atoms. The van der Waals surface area contributed by atoms with E-state index in [0.29, 0.717) is 5.75 Å². The molecule has 0 radical (unpaired) electrons. The Labute approximate surface area is 76.0 Å². The van der Waals surface area contributed by atoms with Crippen LogP contribution in [0.5, 0.6) is 0 Å². The molecule has 0 fully saturated rings. The first kappa shape index (κ1) is 11.7. The standard InChI is InChI=1S/C7H14FNO2S/c1-11-4-2-5-12-6-3-7(10)9-8/h2-6H2,1H3,(H,9,10). The number of amides is 1. The van der Waals surface area contributed by atoms with E-state index in [1.54, 1.807) is 18.9 Å². The summed E-state index contributed by atoms with van der Waals surface area (Å²) in [6.07, 6.45) is 1.21. The van der Waals surface area contributed by atoms with Crippen molar-refractivity contribution in [3.8, 4) is 0 Å². The highest BCUT2D eigenvalue weighted by molar-refractivity contribution is 7.99. The zero-order valence-corrected chi connectivity index (χ0v) is 7.95. The Hall–Kier alpha value is -0.290.